The van der Waals surface area contributed by atoms with E-state index in [1.165, 1.54) is 31.6 Å². The molecule has 0 spiro atoms. The molecule has 0 amide bonds. The number of para-hydroxylation sites is 2. The highest BCUT2D eigenvalue weighted by Crippen LogP contribution is 2.41. The van der Waals surface area contributed by atoms with Gasteiger partial charge in [0.2, 0.25) is 11.6 Å². The van der Waals surface area contributed by atoms with Crippen LogP contribution in [0.15, 0.2) is 71.9 Å². The number of aromatic nitrogens is 4. The van der Waals surface area contributed by atoms with Crippen molar-refractivity contribution < 1.29 is 91.1 Å². The lowest BCUT2D eigenvalue weighted by Crippen LogP contribution is -2.27. The molecule has 4 rings (SSSR count). The molecule has 0 saturated heterocycles. The van der Waals surface area contributed by atoms with E-state index in [0.717, 1.165) is 0 Å². The Labute approximate surface area is 365 Å². The van der Waals surface area contributed by atoms with Crippen LogP contribution in [0.4, 0.5) is 15.4 Å². The molecule has 0 fully saturated rings. The molecule has 0 aliphatic carbocycles. The number of nitrogens with zero attached hydrogens (tertiary/aromatic N) is 6. The van der Waals surface area contributed by atoms with Gasteiger partial charge in [0.1, 0.15) is 33.0 Å². The van der Waals surface area contributed by atoms with Crippen LogP contribution in [0.3, 0.4) is 0 Å². The lowest BCUT2D eigenvalue weighted by atomic mass is 9.86. The van der Waals surface area contributed by atoms with E-state index < -0.39 is 44.3 Å². The Kier molecular flexibility index (Phi) is 20.4. The van der Waals surface area contributed by atoms with Crippen molar-refractivity contribution in [3.8, 4) is 34.8 Å². The minimum absolute atomic E-state index is 0.00361. The molecule has 2 aromatic carbocycles. The van der Waals surface area contributed by atoms with Crippen molar-refractivity contribution in [1.82, 2.24) is 30.7 Å². The highest BCUT2D eigenvalue weighted by Gasteiger charge is 2.28. The number of hydrogen-bond donors (Lipinski definition) is 5. The quantitative estimate of drug-likeness (QED) is 0.0309. The normalized spacial score (nSPS) is 11.6. The van der Waals surface area contributed by atoms with E-state index in [1.807, 2.05) is 0 Å². The van der Waals surface area contributed by atoms with Crippen molar-refractivity contribution in [2.45, 2.75) is 24.2 Å². The van der Waals surface area contributed by atoms with Crippen molar-refractivity contribution in [2.24, 2.45) is 0 Å². The number of carbonyl (C=O) groups excluding carboxylic acids is 2. The minimum atomic E-state index is -4.45. The molecular formula is C37H47N7O19S. The Hall–Kier alpha value is -6.11. The number of methoxy groups -OCH3 is 1. The SMILES string of the molecule is COc1ccccc1Oc1c(NS(=O)(=O)c2ccc(C(C)(C)COC(=O)OCCOCCON(O)O)cc2)nc(-c2ncccn2)nc1OCCOC(=O)OCCOCCON(O)O. The number of nitrogens with one attached hydrogen (secondary N) is 1. The smallest absolute Gasteiger partial charge is 0.493 e. The van der Waals surface area contributed by atoms with Gasteiger partial charge in [-0.2, -0.15) is 4.98 Å². The molecule has 0 saturated carbocycles. The van der Waals surface area contributed by atoms with Crippen molar-refractivity contribution in [3.05, 3.63) is 72.6 Å². The first-order valence-electron chi connectivity index (χ1n) is 18.8. The van der Waals surface area contributed by atoms with E-state index >= 15 is 0 Å². The largest absolute Gasteiger partial charge is 0.508 e. The Morgan fingerprint density at radius 1 is 0.672 bits per heavy atom. The van der Waals surface area contributed by atoms with E-state index in [2.05, 4.69) is 34.3 Å². The number of carbonyl (C=O) groups is 2. The lowest BCUT2D eigenvalue weighted by Gasteiger charge is -2.25. The molecule has 0 unspecified atom stereocenters. The maximum Gasteiger partial charge on any atom is 0.508 e. The molecule has 26 nitrogen and oxygen atoms in total. The summed E-state index contributed by atoms with van der Waals surface area (Å²) >= 11 is 0. The van der Waals surface area contributed by atoms with Crippen LogP contribution < -0.4 is 18.9 Å². The van der Waals surface area contributed by atoms with E-state index in [0.29, 0.717) is 5.56 Å². The first-order chi connectivity index (χ1) is 30.7. The number of sulfonamides is 1. The lowest BCUT2D eigenvalue weighted by molar-refractivity contribution is -0.493. The van der Waals surface area contributed by atoms with Crippen LogP contribution in [0, 0.1) is 0 Å². The van der Waals surface area contributed by atoms with Crippen LogP contribution in [0.5, 0.6) is 23.1 Å². The van der Waals surface area contributed by atoms with Crippen LogP contribution in [0.2, 0.25) is 0 Å². The van der Waals surface area contributed by atoms with Gasteiger partial charge in [0.15, 0.2) is 23.1 Å². The predicted octanol–water partition coefficient (Wildman–Crippen LogP) is 3.56. The Bertz CT molecular complexity index is 2150. The third kappa shape index (κ3) is 17.2. The first kappa shape index (κ1) is 50.5. The molecule has 4 aromatic rings. The van der Waals surface area contributed by atoms with E-state index in [4.69, 9.17) is 63.5 Å². The average Bonchev–Trinajstić information content (AvgIpc) is 3.27. The van der Waals surface area contributed by atoms with Gasteiger partial charge in [0.25, 0.3) is 15.9 Å². The topological polar surface area (TPSA) is 321 Å². The van der Waals surface area contributed by atoms with Crippen LogP contribution in [0.25, 0.3) is 11.6 Å². The van der Waals surface area contributed by atoms with Gasteiger partial charge in [0.05, 0.1) is 62.4 Å². The van der Waals surface area contributed by atoms with Gasteiger partial charge >= 0.3 is 12.3 Å². The molecule has 2 heterocycles. The summed E-state index contributed by atoms with van der Waals surface area (Å²) in [4.78, 5) is 50.0. The summed E-state index contributed by atoms with van der Waals surface area (Å²) in [6.07, 6.45) is 0.812. The third-order valence-electron chi connectivity index (χ3n) is 7.92. The van der Waals surface area contributed by atoms with E-state index in [-0.39, 0.29) is 112 Å². The highest BCUT2D eigenvalue weighted by molar-refractivity contribution is 7.92. The van der Waals surface area contributed by atoms with Crippen molar-refractivity contribution in [3.63, 3.8) is 0 Å². The Morgan fingerprint density at radius 3 is 1.80 bits per heavy atom. The van der Waals surface area contributed by atoms with Crippen molar-refractivity contribution in [1.29, 1.82) is 0 Å². The molecule has 0 bridgehead atoms. The fourth-order valence-corrected chi connectivity index (χ4v) is 5.89. The second kappa shape index (κ2) is 25.9. The van der Waals surface area contributed by atoms with Gasteiger partial charge in [0, 0.05) is 17.8 Å². The Morgan fingerprint density at radius 2 is 1.22 bits per heavy atom. The summed E-state index contributed by atoms with van der Waals surface area (Å²) in [5.74, 6) is -0.826. The second-order valence-electron chi connectivity index (χ2n) is 12.9. The zero-order valence-corrected chi connectivity index (χ0v) is 35.4. The molecule has 0 atom stereocenters. The number of ether oxygens (including phenoxy) is 9. The summed E-state index contributed by atoms with van der Waals surface area (Å²) in [5, 5.41) is 33.1. The molecule has 2 aromatic heterocycles. The molecule has 0 aliphatic rings. The van der Waals surface area contributed by atoms with Crippen molar-refractivity contribution >= 4 is 28.2 Å². The zero-order chi connectivity index (χ0) is 46.4. The standard InChI is InChI=1S/C37H47N7O19S/c1-37(2,25-60-36(46)58-20-16-55-18-24-62-44(49)50)26-9-11-27(12-10-26)64(51,52)42-31-30(63-29-8-5-4-7-28(29)53-3)34(41-33(40-31)32-38-13-6-14-39-32)56-21-22-59-35(45)57-19-15-54-17-23-61-43(47)48/h4-14,47-50H,15-25H2,1-3H3,(H,40,41,42). The second-order valence-corrected chi connectivity index (χ2v) is 14.6. The summed E-state index contributed by atoms with van der Waals surface area (Å²) in [6.45, 7) is 1.92. The molecule has 64 heavy (non-hydrogen) atoms. The van der Waals surface area contributed by atoms with Crippen LogP contribution >= 0.6 is 0 Å². The fraction of sp³-hybridized carbons (Fsp3) is 0.405. The summed E-state index contributed by atoms with van der Waals surface area (Å²) < 4.78 is 78.5. The van der Waals surface area contributed by atoms with Crippen LogP contribution in [-0.2, 0) is 53.5 Å². The van der Waals surface area contributed by atoms with Gasteiger partial charge in [-0.15, -0.1) is 0 Å². The van der Waals surface area contributed by atoms with E-state index in [1.54, 1.807) is 56.3 Å². The molecule has 0 aliphatic heterocycles. The first-order valence-corrected chi connectivity index (χ1v) is 20.3. The van der Waals surface area contributed by atoms with E-state index in [9.17, 15) is 18.0 Å². The summed E-state index contributed by atoms with van der Waals surface area (Å²) in [7, 11) is -3.05. The van der Waals surface area contributed by atoms with Gasteiger partial charge in [-0.25, -0.2) is 42.6 Å². The number of hydrogen-bond acceptors (Lipinski definition) is 25. The summed E-state index contributed by atoms with van der Waals surface area (Å²) in [6, 6.07) is 13.8. The van der Waals surface area contributed by atoms with Gasteiger partial charge < -0.3 is 42.6 Å². The van der Waals surface area contributed by atoms with Crippen LogP contribution in [-0.4, -0.2) is 152 Å². The van der Waals surface area contributed by atoms with Crippen LogP contribution in [0.1, 0.15) is 19.4 Å². The Balaban J connectivity index is 1.50. The zero-order valence-electron chi connectivity index (χ0n) is 34.6. The van der Waals surface area contributed by atoms with Crippen molar-refractivity contribution in [2.75, 3.05) is 84.5 Å². The predicted molar refractivity (Wildman–Crippen MR) is 211 cm³/mol. The van der Waals surface area contributed by atoms with Gasteiger partial charge in [-0.3, -0.25) is 25.6 Å². The maximum absolute atomic E-state index is 14.0. The number of anilines is 1. The van der Waals surface area contributed by atoms with Gasteiger partial charge in [-0.05, 0) is 35.9 Å². The molecule has 0 radical (unpaired) electrons. The molecule has 350 valence electrons. The maximum atomic E-state index is 14.0. The average molecular weight is 926 g/mol. The third-order valence-corrected chi connectivity index (χ3v) is 9.27. The molecule has 5 N–H and O–H groups in total. The molecule has 27 heteroatoms. The molecular weight excluding hydrogens is 879 g/mol. The highest BCUT2D eigenvalue weighted by atomic mass is 32.2. The monoisotopic (exact) mass is 925 g/mol. The number of rotatable bonds is 28. The summed E-state index contributed by atoms with van der Waals surface area (Å²) in [5.41, 5.74) is -0.201. The van der Waals surface area contributed by atoms with Gasteiger partial charge in [-0.1, -0.05) is 38.1 Å². The fourth-order valence-electron chi connectivity index (χ4n) is 4.89. The minimum Gasteiger partial charge on any atom is -0.493 e. The number of benzene rings is 2.